The van der Waals surface area contributed by atoms with Gasteiger partial charge >= 0.3 is 11.9 Å². The number of esters is 2. The Balaban J connectivity index is 1.79. The molecule has 0 spiro atoms. The second-order valence-corrected chi connectivity index (χ2v) is 20.5. The summed E-state index contributed by atoms with van der Waals surface area (Å²) in [5, 5.41) is 53.6. The number of nitrogens with zero attached hydrogens (tertiary/aromatic N) is 2. The van der Waals surface area contributed by atoms with Crippen molar-refractivity contribution >= 4 is 17.7 Å². The number of hydrogen-bond donors (Lipinski definition) is 4. The lowest BCUT2D eigenvalue weighted by molar-refractivity contribution is -0.318. The van der Waals surface area contributed by atoms with Gasteiger partial charge in [-0.15, -0.1) is 0 Å². The molecule has 390 valence electrons. The van der Waals surface area contributed by atoms with E-state index in [0.717, 1.165) is 12.2 Å². The summed E-state index contributed by atoms with van der Waals surface area (Å²) in [5.74, 6) is -3.82. The van der Waals surface area contributed by atoms with Gasteiger partial charge in [-0.1, -0.05) is 64.4 Å². The Labute approximate surface area is 405 Å². The topological polar surface area (TPSA) is 214 Å². The molecule has 17 nitrogen and oxygen atoms in total. The number of aliphatic hydroxyl groups excluding tert-OH is 2. The molecule has 3 saturated heterocycles. The number of cyclic esters (lactones) is 1. The molecule has 4 rings (SSSR count). The normalized spacial score (nSPS) is 40.6. The first-order chi connectivity index (χ1) is 31.9. The van der Waals surface area contributed by atoms with Crippen LogP contribution in [0.15, 0.2) is 35.5 Å². The predicted molar refractivity (Wildman–Crippen MR) is 255 cm³/mol. The molecule has 1 aromatic carbocycles. The van der Waals surface area contributed by atoms with Gasteiger partial charge < -0.3 is 68.1 Å². The molecule has 2 unspecified atom stereocenters. The van der Waals surface area contributed by atoms with Crippen molar-refractivity contribution in [3.05, 3.63) is 30.3 Å². The zero-order valence-electron chi connectivity index (χ0n) is 43.3. The van der Waals surface area contributed by atoms with Crippen molar-refractivity contribution in [2.75, 3.05) is 34.4 Å². The van der Waals surface area contributed by atoms with E-state index in [0.29, 0.717) is 31.6 Å². The highest BCUT2D eigenvalue weighted by molar-refractivity contribution is 5.88. The number of hydrogen-bond acceptors (Lipinski definition) is 17. The molecule has 0 bridgehead atoms. The van der Waals surface area contributed by atoms with Gasteiger partial charge in [0.05, 0.1) is 54.4 Å². The van der Waals surface area contributed by atoms with Gasteiger partial charge in [-0.25, -0.2) is 0 Å². The number of unbranched alkanes of at least 4 members (excludes halogenated alkanes) is 1. The molecule has 3 fully saturated rings. The fourth-order valence-electron chi connectivity index (χ4n) is 10.3. The van der Waals surface area contributed by atoms with E-state index in [1.54, 1.807) is 41.5 Å². The molecule has 1 aromatic rings. The first kappa shape index (κ1) is 57.6. The fourth-order valence-corrected chi connectivity index (χ4v) is 10.3. The zero-order valence-corrected chi connectivity index (χ0v) is 43.3. The van der Waals surface area contributed by atoms with Crippen LogP contribution in [0.4, 0.5) is 0 Å². The zero-order chi connectivity index (χ0) is 50.7. The molecular weight excluding hydrogens is 881 g/mol. The van der Waals surface area contributed by atoms with Crippen LogP contribution in [0.3, 0.4) is 0 Å². The summed E-state index contributed by atoms with van der Waals surface area (Å²) in [6.07, 6.45) is -7.21. The van der Waals surface area contributed by atoms with Crippen LogP contribution in [-0.4, -0.2) is 162 Å². The molecule has 3 aliphatic rings. The quantitative estimate of drug-likeness (QED) is 0.0825. The molecule has 17 heteroatoms. The molecule has 0 amide bonds. The van der Waals surface area contributed by atoms with Crippen LogP contribution in [0.25, 0.3) is 0 Å². The lowest BCUT2D eigenvalue weighted by atomic mass is 9.73. The molecule has 68 heavy (non-hydrogen) atoms. The first-order valence-electron chi connectivity index (χ1n) is 24.8. The molecule has 0 aromatic heterocycles. The van der Waals surface area contributed by atoms with Crippen molar-refractivity contribution < 1.29 is 72.7 Å². The van der Waals surface area contributed by atoms with Crippen LogP contribution in [0.2, 0.25) is 0 Å². The van der Waals surface area contributed by atoms with Crippen molar-refractivity contribution in [1.29, 1.82) is 0 Å². The van der Waals surface area contributed by atoms with E-state index in [9.17, 15) is 30.0 Å². The molecule has 0 saturated carbocycles. The minimum atomic E-state index is -1.98. The van der Waals surface area contributed by atoms with Crippen molar-refractivity contribution in [3.63, 3.8) is 0 Å². The number of benzene rings is 1. The maximum atomic E-state index is 14.6. The number of carbonyl (C=O) groups is 2. The number of rotatable bonds is 17. The van der Waals surface area contributed by atoms with E-state index in [1.165, 1.54) is 14.0 Å². The molecule has 18 atom stereocenters. The van der Waals surface area contributed by atoms with Crippen molar-refractivity contribution in [3.8, 4) is 5.75 Å². The smallest absolute Gasteiger partial charge is 0.311 e. The van der Waals surface area contributed by atoms with Gasteiger partial charge in [-0.3, -0.25) is 9.59 Å². The monoisotopic (exact) mass is 967 g/mol. The molecule has 0 radical (unpaired) electrons. The van der Waals surface area contributed by atoms with Crippen LogP contribution in [-0.2, 0) is 47.6 Å². The second-order valence-electron chi connectivity index (χ2n) is 20.5. The number of methoxy groups -OCH3 is 1. The summed E-state index contributed by atoms with van der Waals surface area (Å²) >= 11 is 0. The number of ether oxygens (including phenoxy) is 8. The van der Waals surface area contributed by atoms with Gasteiger partial charge in [-0.2, -0.15) is 0 Å². The third-order valence-electron chi connectivity index (χ3n) is 14.4. The highest BCUT2D eigenvalue weighted by Crippen LogP contribution is 2.41. The minimum Gasteiger partial charge on any atom is -0.493 e. The Morgan fingerprint density at radius 1 is 0.897 bits per heavy atom. The van der Waals surface area contributed by atoms with Crippen LogP contribution in [0.5, 0.6) is 5.75 Å². The van der Waals surface area contributed by atoms with Gasteiger partial charge in [0.2, 0.25) is 0 Å². The van der Waals surface area contributed by atoms with Crippen molar-refractivity contribution in [1.82, 2.24) is 4.90 Å². The average Bonchev–Trinajstić information content (AvgIpc) is 3.28. The van der Waals surface area contributed by atoms with Gasteiger partial charge in [0.1, 0.15) is 35.8 Å². The number of aliphatic hydroxyl groups is 4. The minimum absolute atomic E-state index is 0.0253. The van der Waals surface area contributed by atoms with Crippen LogP contribution >= 0.6 is 0 Å². The van der Waals surface area contributed by atoms with E-state index >= 15 is 0 Å². The number of para-hydroxylation sites is 1. The highest BCUT2D eigenvalue weighted by atomic mass is 16.7. The second kappa shape index (κ2) is 25.4. The molecule has 0 aliphatic carbocycles. The van der Waals surface area contributed by atoms with E-state index in [2.05, 4.69) is 5.16 Å². The molecule has 4 N–H and O–H groups in total. The van der Waals surface area contributed by atoms with Gasteiger partial charge in [0.25, 0.3) is 0 Å². The van der Waals surface area contributed by atoms with Crippen LogP contribution < -0.4 is 4.74 Å². The Morgan fingerprint density at radius 3 is 2.19 bits per heavy atom. The lowest BCUT2D eigenvalue weighted by Gasteiger charge is -2.49. The highest BCUT2D eigenvalue weighted by Gasteiger charge is 2.54. The standard InChI is InChI=1S/C51H86N2O15/c1-15-17-24-39(54)66-46-35(8)64-40(29-50(46,10)60-14)67-43-33(6)45(68-48-42(55)37(53(12)13)27-31(4)63-48)49(9,58)28-30(3)41(52-62-26-21-25-61-36-22-19-18-20-23-36)32(5)44(56)51(11,59)38(16-2)65-47(57)34(43)7/h18-20,22-23,30-35,37-38,40,42-46,48,55-56,58-59H,15-17,21,24-29H2,1-14H3/b52-41+/t30-,31-,32+,33+,34-,35+,37+,38-,40?,42-,43+,44-,45-,46+,48+,49?,50-,51-/m1/s1. The van der Waals surface area contributed by atoms with Crippen LogP contribution in [0.1, 0.15) is 128 Å². The number of carbonyl (C=O) groups excluding carboxylic acids is 2. The van der Waals surface area contributed by atoms with E-state index < -0.39 is 102 Å². The Hall–Kier alpha value is -2.97. The van der Waals surface area contributed by atoms with Crippen molar-refractivity contribution in [2.45, 2.75) is 212 Å². The SMILES string of the molecule is CCCCC(=O)O[C@H]1[C@H](C)OC(O[C@H]2[C@H](C)[C@@H](O[C@@H]3O[C@H](C)C[C@H](N(C)C)[C@H]3O)C(C)(O)C[C@@H](C)/C(=N\OCCCOc3ccccc3)[C@H](C)[C@@H](O)[C@](C)(O)[C@@H](CC)OC(=O)[C@@H]2C)C[C@@]1(C)OC. The molecule has 3 aliphatic heterocycles. The average molecular weight is 967 g/mol. The summed E-state index contributed by atoms with van der Waals surface area (Å²) in [5.41, 5.74) is -4.49. The number of oxime groups is 1. The lowest BCUT2D eigenvalue weighted by Crippen LogP contribution is -2.61. The summed E-state index contributed by atoms with van der Waals surface area (Å²) in [6.45, 7) is 19.8. The van der Waals surface area contributed by atoms with Gasteiger partial charge in [-0.05, 0) is 93.5 Å². The van der Waals surface area contributed by atoms with Gasteiger partial charge in [0.15, 0.2) is 18.7 Å². The van der Waals surface area contributed by atoms with Gasteiger partial charge in [0, 0.05) is 50.2 Å². The number of likely N-dealkylation sites (N-methyl/N-ethyl adjacent to an activating group) is 1. The third-order valence-corrected chi connectivity index (χ3v) is 14.4. The molecular formula is C51H86N2O15. The predicted octanol–water partition coefficient (Wildman–Crippen LogP) is 5.80. The Bertz CT molecular complexity index is 1730. The Kier molecular flexibility index (Phi) is 21.5. The summed E-state index contributed by atoms with van der Waals surface area (Å²) in [7, 11) is 5.27. The fraction of sp³-hybridized carbons (Fsp3) is 0.824. The van der Waals surface area contributed by atoms with E-state index in [-0.39, 0.29) is 50.4 Å². The maximum absolute atomic E-state index is 14.6. The van der Waals surface area contributed by atoms with Crippen molar-refractivity contribution in [2.24, 2.45) is 28.8 Å². The van der Waals surface area contributed by atoms with E-state index in [4.69, 9.17) is 42.7 Å². The Morgan fingerprint density at radius 2 is 1.57 bits per heavy atom. The first-order valence-corrected chi connectivity index (χ1v) is 24.8. The third kappa shape index (κ3) is 14.6. The summed E-state index contributed by atoms with van der Waals surface area (Å²) < 4.78 is 50.5. The maximum Gasteiger partial charge on any atom is 0.311 e. The van der Waals surface area contributed by atoms with E-state index in [1.807, 2.05) is 77.0 Å². The summed E-state index contributed by atoms with van der Waals surface area (Å²) in [6, 6.07) is 9.06. The molecule has 3 heterocycles. The van der Waals surface area contributed by atoms with Crippen LogP contribution in [0, 0.1) is 23.7 Å². The summed E-state index contributed by atoms with van der Waals surface area (Å²) in [4.78, 5) is 35.3. The largest absolute Gasteiger partial charge is 0.493 e.